The van der Waals surface area contributed by atoms with E-state index in [1.54, 1.807) is 12.1 Å². The molecule has 0 aliphatic carbocycles. The van der Waals surface area contributed by atoms with E-state index in [4.69, 9.17) is 0 Å². The Morgan fingerprint density at radius 1 is 1.37 bits per heavy atom. The molecule has 6 heteroatoms. The van der Waals surface area contributed by atoms with Crippen molar-refractivity contribution in [1.29, 1.82) is 0 Å². The van der Waals surface area contributed by atoms with Gasteiger partial charge in [-0.25, -0.2) is 9.37 Å². The van der Waals surface area contributed by atoms with Gasteiger partial charge in [-0.15, -0.1) is 0 Å². The van der Waals surface area contributed by atoms with Gasteiger partial charge in [-0.05, 0) is 56.5 Å². The molecule has 0 saturated heterocycles. The maximum Gasteiger partial charge on any atom is 0.265 e. The van der Waals surface area contributed by atoms with Gasteiger partial charge in [0.05, 0.1) is 10.2 Å². The number of halogens is 3. The highest BCUT2D eigenvalue weighted by molar-refractivity contribution is 9.10. The minimum absolute atomic E-state index is 0.253. The predicted molar refractivity (Wildman–Crippen MR) is 79.6 cm³/mol. The summed E-state index contributed by atoms with van der Waals surface area (Å²) in [5.41, 5.74) is 0.976. The Hall–Kier alpha value is -1.01. The topological polar surface area (TPSA) is 45.8 Å². The third kappa shape index (κ3) is 3.12. The van der Waals surface area contributed by atoms with E-state index in [0.29, 0.717) is 32.4 Å². The molecule has 2 aromatic rings. The van der Waals surface area contributed by atoms with Gasteiger partial charge in [0.15, 0.2) is 0 Å². The summed E-state index contributed by atoms with van der Waals surface area (Å²) in [6.45, 7) is 2.01. The highest BCUT2D eigenvalue weighted by Crippen LogP contribution is 2.23. The summed E-state index contributed by atoms with van der Waals surface area (Å²) in [5.74, 6) is -0.0110. The van der Waals surface area contributed by atoms with E-state index in [2.05, 4.69) is 41.8 Å². The van der Waals surface area contributed by atoms with Crippen LogP contribution in [0.1, 0.15) is 19.0 Å². The van der Waals surface area contributed by atoms with Crippen molar-refractivity contribution in [2.45, 2.75) is 19.8 Å². The Balaban J connectivity index is 2.56. The smallest absolute Gasteiger partial charge is 0.265 e. The van der Waals surface area contributed by atoms with E-state index in [9.17, 15) is 9.18 Å². The van der Waals surface area contributed by atoms with Gasteiger partial charge in [0.1, 0.15) is 16.1 Å². The van der Waals surface area contributed by atoms with Crippen molar-refractivity contribution in [2.24, 2.45) is 0 Å². The maximum atomic E-state index is 13.5. The van der Waals surface area contributed by atoms with E-state index < -0.39 is 0 Å². The number of nitrogens with one attached hydrogen (secondary N) is 1. The molecular formula is C13H11Br2FN2O. The van der Waals surface area contributed by atoms with E-state index in [0.717, 1.165) is 6.42 Å². The van der Waals surface area contributed by atoms with E-state index in [1.807, 2.05) is 6.92 Å². The molecule has 100 valence electrons. The SMILES string of the molecule is CCCc1nc(-c2ccc(Br)c(F)c2)[nH]c(=O)c1Br. The molecule has 0 bridgehead atoms. The van der Waals surface area contributed by atoms with Crippen molar-refractivity contribution in [3.05, 3.63) is 49.0 Å². The molecule has 0 aliphatic heterocycles. The van der Waals surface area contributed by atoms with Crippen molar-refractivity contribution in [3.63, 3.8) is 0 Å². The highest BCUT2D eigenvalue weighted by Gasteiger charge is 2.11. The molecule has 0 spiro atoms. The highest BCUT2D eigenvalue weighted by atomic mass is 79.9. The molecule has 3 nitrogen and oxygen atoms in total. The first-order valence-electron chi connectivity index (χ1n) is 5.77. The quantitative estimate of drug-likeness (QED) is 0.860. The number of H-pyrrole nitrogens is 1. The molecule has 0 radical (unpaired) electrons. The van der Waals surface area contributed by atoms with Crippen LogP contribution in [0.5, 0.6) is 0 Å². The van der Waals surface area contributed by atoms with Crippen LogP contribution in [0.25, 0.3) is 11.4 Å². The Morgan fingerprint density at radius 3 is 2.74 bits per heavy atom. The number of rotatable bonds is 3. The van der Waals surface area contributed by atoms with Gasteiger partial charge >= 0.3 is 0 Å². The number of nitrogens with zero attached hydrogens (tertiary/aromatic N) is 1. The first-order chi connectivity index (χ1) is 9.02. The lowest BCUT2D eigenvalue weighted by Crippen LogP contribution is -2.13. The number of hydrogen-bond donors (Lipinski definition) is 1. The van der Waals surface area contributed by atoms with Gasteiger partial charge < -0.3 is 4.98 Å². The average Bonchev–Trinajstić information content (AvgIpc) is 2.38. The zero-order valence-electron chi connectivity index (χ0n) is 10.1. The zero-order valence-corrected chi connectivity index (χ0v) is 13.3. The van der Waals surface area contributed by atoms with E-state index in [-0.39, 0.29) is 11.4 Å². The lowest BCUT2D eigenvalue weighted by Gasteiger charge is -2.06. The Morgan fingerprint density at radius 2 is 2.11 bits per heavy atom. The Labute approximate surface area is 126 Å². The molecule has 0 amide bonds. The van der Waals surface area contributed by atoms with Gasteiger partial charge in [0, 0.05) is 5.56 Å². The second kappa shape index (κ2) is 5.96. The fraction of sp³-hybridized carbons (Fsp3) is 0.231. The van der Waals surface area contributed by atoms with Crippen molar-refractivity contribution in [1.82, 2.24) is 9.97 Å². The summed E-state index contributed by atoms with van der Waals surface area (Å²) in [6.07, 6.45) is 1.57. The number of aromatic nitrogens is 2. The van der Waals surface area contributed by atoms with Gasteiger partial charge in [-0.2, -0.15) is 0 Å². The monoisotopic (exact) mass is 388 g/mol. The zero-order chi connectivity index (χ0) is 14.0. The van der Waals surface area contributed by atoms with Crippen molar-refractivity contribution >= 4 is 31.9 Å². The molecule has 0 fully saturated rings. The molecular weight excluding hydrogens is 379 g/mol. The van der Waals surface area contributed by atoms with Crippen LogP contribution in [-0.4, -0.2) is 9.97 Å². The van der Waals surface area contributed by atoms with Crippen molar-refractivity contribution in [2.75, 3.05) is 0 Å². The van der Waals surface area contributed by atoms with Gasteiger partial charge in [-0.3, -0.25) is 4.79 Å². The largest absolute Gasteiger partial charge is 0.306 e. The minimum Gasteiger partial charge on any atom is -0.306 e. The molecule has 2 rings (SSSR count). The summed E-state index contributed by atoms with van der Waals surface area (Å²) < 4.78 is 14.3. The molecule has 0 unspecified atom stereocenters. The lowest BCUT2D eigenvalue weighted by atomic mass is 10.2. The first-order valence-corrected chi connectivity index (χ1v) is 7.35. The van der Waals surface area contributed by atoms with Gasteiger partial charge in [0.25, 0.3) is 5.56 Å². The molecule has 0 aliphatic rings. The number of aromatic amines is 1. The number of benzene rings is 1. The summed E-state index contributed by atoms with van der Waals surface area (Å²) in [6, 6.07) is 4.63. The second-order valence-corrected chi connectivity index (χ2v) is 5.70. The summed E-state index contributed by atoms with van der Waals surface area (Å²) in [7, 11) is 0. The van der Waals surface area contributed by atoms with Crippen LogP contribution in [0.15, 0.2) is 31.9 Å². The van der Waals surface area contributed by atoms with Crippen LogP contribution in [0.2, 0.25) is 0 Å². The van der Waals surface area contributed by atoms with Crippen molar-refractivity contribution in [3.8, 4) is 11.4 Å². The van der Waals surface area contributed by atoms with Crippen LogP contribution in [0, 0.1) is 5.82 Å². The predicted octanol–water partition coefficient (Wildman–Crippen LogP) is 4.05. The Kier molecular flexibility index (Phi) is 4.52. The van der Waals surface area contributed by atoms with Gasteiger partial charge in [-0.1, -0.05) is 13.3 Å². The van der Waals surface area contributed by atoms with Crippen LogP contribution < -0.4 is 5.56 Å². The van der Waals surface area contributed by atoms with Crippen molar-refractivity contribution < 1.29 is 4.39 Å². The third-order valence-electron chi connectivity index (χ3n) is 2.61. The third-order valence-corrected chi connectivity index (χ3v) is 4.07. The van der Waals surface area contributed by atoms with Crippen LogP contribution in [0.4, 0.5) is 4.39 Å². The molecule has 0 atom stereocenters. The maximum absolute atomic E-state index is 13.5. The summed E-state index contributed by atoms with van der Waals surface area (Å²) >= 11 is 6.32. The number of hydrogen-bond acceptors (Lipinski definition) is 2. The van der Waals surface area contributed by atoms with E-state index in [1.165, 1.54) is 6.07 Å². The van der Waals surface area contributed by atoms with E-state index >= 15 is 0 Å². The standard InChI is InChI=1S/C13H11Br2FN2O/c1-2-3-10-11(15)13(19)18-12(17-10)7-4-5-8(14)9(16)6-7/h4-6H,2-3H2,1H3,(H,17,18,19). The molecule has 0 saturated carbocycles. The fourth-order valence-electron chi connectivity index (χ4n) is 1.69. The second-order valence-electron chi connectivity index (χ2n) is 4.05. The molecule has 19 heavy (non-hydrogen) atoms. The molecule has 1 aromatic heterocycles. The van der Waals surface area contributed by atoms with Crippen LogP contribution in [-0.2, 0) is 6.42 Å². The summed E-state index contributed by atoms with van der Waals surface area (Å²) in [5, 5.41) is 0. The first kappa shape index (κ1) is 14.4. The lowest BCUT2D eigenvalue weighted by molar-refractivity contribution is 0.621. The Bertz CT molecular complexity index is 670. The fourth-order valence-corrected chi connectivity index (χ4v) is 2.32. The van der Waals surface area contributed by atoms with Gasteiger partial charge in [0.2, 0.25) is 0 Å². The normalized spacial score (nSPS) is 10.7. The molecule has 1 heterocycles. The van der Waals surface area contributed by atoms with Crippen LogP contribution >= 0.6 is 31.9 Å². The number of aryl methyl sites for hydroxylation is 1. The molecule has 1 N–H and O–H groups in total. The summed E-state index contributed by atoms with van der Waals surface area (Å²) in [4.78, 5) is 18.8. The average molecular weight is 390 g/mol. The van der Waals surface area contributed by atoms with Crippen LogP contribution in [0.3, 0.4) is 0 Å². The minimum atomic E-state index is -0.389. The molecule has 1 aromatic carbocycles.